The van der Waals surface area contributed by atoms with Crippen LogP contribution in [0.3, 0.4) is 0 Å². The Balaban J connectivity index is 1.04. The van der Waals surface area contributed by atoms with E-state index in [1.807, 2.05) is 50.5 Å². The molecule has 0 saturated heterocycles. The van der Waals surface area contributed by atoms with E-state index in [1.165, 1.54) is 5.56 Å². The van der Waals surface area contributed by atoms with Gasteiger partial charge in [0.15, 0.2) is 16.6 Å². The Bertz CT molecular complexity index is 1760. The lowest BCUT2D eigenvalue weighted by molar-refractivity contribution is -0.148. The van der Waals surface area contributed by atoms with Crippen molar-refractivity contribution in [2.45, 2.75) is 95.9 Å². The quantitative estimate of drug-likeness (QED) is 0.0548. The highest BCUT2D eigenvalue weighted by molar-refractivity contribution is 6.84. The monoisotopic (exact) mass is 748 g/mol. The van der Waals surface area contributed by atoms with Crippen molar-refractivity contribution in [2.24, 2.45) is 4.99 Å². The minimum atomic E-state index is -1.79. The predicted octanol–water partition coefficient (Wildman–Crippen LogP) is 8.55. The van der Waals surface area contributed by atoms with Crippen molar-refractivity contribution in [3.63, 3.8) is 0 Å². The molecule has 0 saturated carbocycles. The van der Waals surface area contributed by atoms with Gasteiger partial charge in [-0.1, -0.05) is 30.3 Å². The van der Waals surface area contributed by atoms with Gasteiger partial charge in [0.25, 0.3) is 0 Å². The van der Waals surface area contributed by atoms with Crippen molar-refractivity contribution < 1.29 is 37.4 Å². The molecule has 10 nitrogen and oxygen atoms in total. The molecule has 1 unspecified atom stereocenters. The summed E-state index contributed by atoms with van der Waals surface area (Å²) in [7, 11) is -1.48. The van der Waals surface area contributed by atoms with Gasteiger partial charge in [-0.3, -0.25) is 14.6 Å². The van der Waals surface area contributed by atoms with Crippen LogP contribution >= 0.6 is 0 Å². The Morgan fingerprint density at radius 3 is 2.23 bits per heavy atom. The molecule has 1 atom stereocenters. The SMILES string of the molecule is CCOCCC[Si](C)(C)O[Si](C)(C)CCCOCCOC(=O)CCC(=O)Oc1ccc2ccc3c(c2c1)N=CC1(O3)N(C)c2ccccc2C1(C)C. The Hall–Kier alpha value is -3.56. The fourth-order valence-electron chi connectivity index (χ4n) is 7.39. The van der Waals surface area contributed by atoms with E-state index in [1.54, 1.807) is 12.1 Å². The zero-order valence-corrected chi connectivity index (χ0v) is 34.2. The molecule has 12 heteroatoms. The van der Waals surface area contributed by atoms with E-state index < -0.39 is 34.3 Å². The van der Waals surface area contributed by atoms with E-state index in [9.17, 15) is 9.59 Å². The maximum absolute atomic E-state index is 12.7. The number of carbonyl (C=O) groups excluding carboxylic acids is 2. The molecule has 0 aliphatic carbocycles. The summed E-state index contributed by atoms with van der Waals surface area (Å²) in [6.45, 7) is 18.1. The van der Waals surface area contributed by atoms with Gasteiger partial charge in [-0.25, -0.2) is 0 Å². The second kappa shape index (κ2) is 16.6. The van der Waals surface area contributed by atoms with Gasteiger partial charge >= 0.3 is 11.9 Å². The van der Waals surface area contributed by atoms with E-state index in [0.29, 0.717) is 30.4 Å². The standard InChI is InChI=1S/C40H56N2O8Si2/c1-9-45-22-12-26-51(5,6)50-52(7,8)27-13-23-46-24-25-47-36(43)20-21-37(44)48-31-18-16-30-17-19-35-38(32(30)28-31)41-29-40(49-35)39(2,3)33-14-10-11-15-34(33)42(40)4/h10-11,14-19,28-29H,9,12-13,20-27H2,1-8H3. The number of rotatable bonds is 18. The zero-order chi connectivity index (χ0) is 37.6. The number of anilines is 1. The van der Waals surface area contributed by atoms with Gasteiger partial charge in [0, 0.05) is 37.9 Å². The van der Waals surface area contributed by atoms with E-state index in [0.717, 1.165) is 54.6 Å². The zero-order valence-electron chi connectivity index (χ0n) is 32.2. The number of esters is 2. The summed E-state index contributed by atoms with van der Waals surface area (Å²) in [6.07, 6.45) is 3.67. The molecule has 0 aromatic heterocycles. The number of para-hydroxylation sites is 1. The lowest BCUT2D eigenvalue weighted by atomic mass is 9.77. The highest BCUT2D eigenvalue weighted by atomic mass is 28.4. The van der Waals surface area contributed by atoms with Crippen LogP contribution in [0.15, 0.2) is 59.6 Å². The average molecular weight is 749 g/mol. The topological polar surface area (TPSA) is 105 Å². The molecule has 3 aromatic rings. The van der Waals surface area contributed by atoms with Crippen molar-refractivity contribution in [1.82, 2.24) is 0 Å². The maximum atomic E-state index is 12.7. The van der Waals surface area contributed by atoms with Crippen LogP contribution in [-0.4, -0.2) is 80.6 Å². The number of hydrogen-bond donors (Lipinski definition) is 0. The van der Waals surface area contributed by atoms with Gasteiger partial charge in [0.2, 0.25) is 5.72 Å². The minimum Gasteiger partial charge on any atom is -0.463 e. The number of fused-ring (bicyclic) bond motifs is 4. The lowest BCUT2D eigenvalue weighted by Gasteiger charge is -2.45. The van der Waals surface area contributed by atoms with Gasteiger partial charge in [-0.15, -0.1) is 0 Å². The fraction of sp³-hybridized carbons (Fsp3) is 0.525. The molecule has 1 spiro atoms. The van der Waals surface area contributed by atoms with Crippen LogP contribution in [0.1, 0.15) is 52.0 Å². The summed E-state index contributed by atoms with van der Waals surface area (Å²) in [5.74, 6) is 0.0487. The Kier molecular flexibility index (Phi) is 12.7. The van der Waals surface area contributed by atoms with E-state index >= 15 is 0 Å². The molecule has 0 N–H and O–H groups in total. The molecule has 3 aromatic carbocycles. The van der Waals surface area contributed by atoms with Crippen LogP contribution in [0.25, 0.3) is 10.8 Å². The van der Waals surface area contributed by atoms with Gasteiger partial charge in [0.1, 0.15) is 23.8 Å². The first-order valence-corrected chi connectivity index (χ1v) is 24.8. The molecule has 2 aliphatic heterocycles. The number of aliphatic imine (C=N–C) groups is 1. The summed E-state index contributed by atoms with van der Waals surface area (Å²) in [5.41, 5.74) is 1.83. The molecule has 2 heterocycles. The second-order valence-electron chi connectivity index (χ2n) is 15.4. The smallest absolute Gasteiger partial charge is 0.311 e. The van der Waals surface area contributed by atoms with Crippen molar-refractivity contribution in [3.8, 4) is 11.5 Å². The highest BCUT2D eigenvalue weighted by Gasteiger charge is 2.58. The normalized spacial score (nSPS) is 17.6. The first-order chi connectivity index (χ1) is 24.7. The van der Waals surface area contributed by atoms with E-state index in [-0.39, 0.29) is 24.9 Å². The third kappa shape index (κ3) is 9.14. The molecular formula is C40H56N2O8Si2. The van der Waals surface area contributed by atoms with E-state index in [4.69, 9.17) is 32.8 Å². The largest absolute Gasteiger partial charge is 0.463 e. The number of benzene rings is 3. The molecule has 52 heavy (non-hydrogen) atoms. The van der Waals surface area contributed by atoms with Gasteiger partial charge in [-0.05, 0) is 107 Å². The molecule has 0 amide bonds. The van der Waals surface area contributed by atoms with Crippen molar-refractivity contribution >= 4 is 56.9 Å². The van der Waals surface area contributed by atoms with Crippen LogP contribution in [0.5, 0.6) is 11.5 Å². The summed E-state index contributed by atoms with van der Waals surface area (Å²) < 4.78 is 35.6. The Labute approximate surface area is 311 Å². The Morgan fingerprint density at radius 2 is 1.52 bits per heavy atom. The summed E-state index contributed by atoms with van der Waals surface area (Å²) in [6, 6.07) is 19.8. The number of hydrogen-bond acceptors (Lipinski definition) is 10. The van der Waals surface area contributed by atoms with Crippen LogP contribution in [0.2, 0.25) is 38.3 Å². The molecule has 2 aliphatic rings. The van der Waals surface area contributed by atoms with E-state index in [2.05, 4.69) is 57.1 Å². The number of likely N-dealkylation sites (N-methyl/N-ethyl adjacent to an activating group) is 1. The fourth-order valence-corrected chi connectivity index (χ4v) is 16.2. The molecule has 5 rings (SSSR count). The molecule has 0 radical (unpaired) electrons. The molecule has 282 valence electrons. The third-order valence-corrected chi connectivity index (χ3v) is 17.6. The van der Waals surface area contributed by atoms with Crippen LogP contribution in [-0.2, 0) is 33.3 Å². The van der Waals surface area contributed by atoms with Crippen molar-refractivity contribution in [1.29, 1.82) is 0 Å². The summed E-state index contributed by atoms with van der Waals surface area (Å²) in [4.78, 5) is 32.1. The highest BCUT2D eigenvalue weighted by Crippen LogP contribution is 2.54. The Morgan fingerprint density at radius 1 is 0.846 bits per heavy atom. The number of carbonyl (C=O) groups is 2. The number of nitrogens with zero attached hydrogens (tertiary/aromatic N) is 2. The number of ether oxygens (including phenoxy) is 5. The van der Waals surface area contributed by atoms with Crippen molar-refractivity contribution in [2.75, 3.05) is 45.0 Å². The first-order valence-electron chi connectivity index (χ1n) is 18.5. The molecule has 0 fully saturated rings. The molecular weight excluding hydrogens is 693 g/mol. The second-order valence-corrected chi connectivity index (χ2v) is 24.2. The average Bonchev–Trinajstić information content (AvgIpc) is 3.25. The van der Waals surface area contributed by atoms with Gasteiger partial charge in [0.05, 0.1) is 31.1 Å². The summed E-state index contributed by atoms with van der Waals surface area (Å²) >= 11 is 0. The lowest BCUT2D eigenvalue weighted by Crippen LogP contribution is -2.61. The maximum Gasteiger partial charge on any atom is 0.311 e. The van der Waals surface area contributed by atoms with Crippen LogP contribution < -0.4 is 14.4 Å². The first kappa shape index (κ1) is 39.6. The van der Waals surface area contributed by atoms with Crippen molar-refractivity contribution in [3.05, 3.63) is 60.2 Å². The van der Waals surface area contributed by atoms with Crippen LogP contribution in [0.4, 0.5) is 11.4 Å². The third-order valence-electron chi connectivity index (χ3n) is 10.0. The van der Waals surface area contributed by atoms with Gasteiger partial charge in [-0.2, -0.15) is 0 Å². The predicted molar refractivity (Wildman–Crippen MR) is 211 cm³/mol. The minimum absolute atomic E-state index is 0.0743. The molecule has 0 bridgehead atoms. The van der Waals surface area contributed by atoms with Gasteiger partial charge < -0.3 is 32.7 Å². The van der Waals surface area contributed by atoms with Crippen LogP contribution in [0, 0.1) is 0 Å². The summed E-state index contributed by atoms with van der Waals surface area (Å²) in [5, 5.41) is 1.75.